The number of esters is 1. The first-order valence-electron chi connectivity index (χ1n) is 5.47. The third kappa shape index (κ3) is 1.73. The summed E-state index contributed by atoms with van der Waals surface area (Å²) in [6, 6.07) is -0.333. The van der Waals surface area contributed by atoms with E-state index < -0.39 is 0 Å². The summed E-state index contributed by atoms with van der Waals surface area (Å²) in [4.78, 5) is 25.2. The summed E-state index contributed by atoms with van der Waals surface area (Å²) in [6.07, 6.45) is 3.56. The van der Waals surface area contributed by atoms with E-state index in [-0.39, 0.29) is 23.3 Å². The first-order chi connectivity index (χ1) is 7.08. The molecule has 0 spiro atoms. The molecule has 1 aliphatic heterocycles. The lowest BCUT2D eigenvalue weighted by atomic mass is 10.1. The van der Waals surface area contributed by atoms with Gasteiger partial charge in [-0.2, -0.15) is 0 Å². The maximum atomic E-state index is 12.1. The van der Waals surface area contributed by atoms with Gasteiger partial charge in [0.05, 0.1) is 7.11 Å². The Bertz CT molecular complexity index is 296. The average Bonchev–Trinajstić information content (AvgIpc) is 2.83. The standard InChI is InChI=1S/C11H17NO3/c1-11(5-6-11)10(14)12-7-3-4-8(12)9(13)15-2/h8H,3-7H2,1-2H3/t8-/m0/s1. The summed E-state index contributed by atoms with van der Waals surface area (Å²) in [5.74, 6) is -0.138. The van der Waals surface area contributed by atoms with Gasteiger partial charge in [0, 0.05) is 12.0 Å². The minimum atomic E-state index is -0.333. The number of carbonyl (C=O) groups is 2. The fourth-order valence-corrected chi connectivity index (χ4v) is 2.14. The van der Waals surface area contributed by atoms with E-state index in [2.05, 4.69) is 0 Å². The molecule has 0 aromatic heterocycles. The highest BCUT2D eigenvalue weighted by molar-refractivity contribution is 5.90. The lowest BCUT2D eigenvalue weighted by Crippen LogP contribution is -2.44. The maximum absolute atomic E-state index is 12.1. The molecule has 4 heteroatoms. The molecular formula is C11H17NO3. The molecule has 84 valence electrons. The van der Waals surface area contributed by atoms with Crippen LogP contribution >= 0.6 is 0 Å². The van der Waals surface area contributed by atoms with Crippen LogP contribution in [0.1, 0.15) is 32.6 Å². The van der Waals surface area contributed by atoms with Crippen LogP contribution in [0.25, 0.3) is 0 Å². The highest BCUT2D eigenvalue weighted by Crippen LogP contribution is 2.47. The van der Waals surface area contributed by atoms with E-state index in [1.807, 2.05) is 6.92 Å². The van der Waals surface area contributed by atoms with Gasteiger partial charge in [0.25, 0.3) is 0 Å². The quantitative estimate of drug-likeness (QED) is 0.639. The lowest BCUT2D eigenvalue weighted by Gasteiger charge is -2.25. The van der Waals surface area contributed by atoms with Gasteiger partial charge in [-0.3, -0.25) is 4.79 Å². The molecular weight excluding hydrogens is 194 g/mol. The molecule has 0 radical (unpaired) electrons. The number of hydrogen-bond donors (Lipinski definition) is 0. The summed E-state index contributed by atoms with van der Waals surface area (Å²) in [5, 5.41) is 0. The lowest BCUT2D eigenvalue weighted by molar-refractivity contribution is -0.152. The normalized spacial score (nSPS) is 27.6. The monoisotopic (exact) mass is 211 g/mol. The van der Waals surface area contributed by atoms with E-state index in [0.29, 0.717) is 6.54 Å². The number of ether oxygens (including phenoxy) is 1. The van der Waals surface area contributed by atoms with Gasteiger partial charge in [-0.25, -0.2) is 4.79 Å². The van der Waals surface area contributed by atoms with Crippen molar-refractivity contribution in [1.82, 2.24) is 4.90 Å². The third-order valence-electron chi connectivity index (χ3n) is 3.50. The maximum Gasteiger partial charge on any atom is 0.328 e. The number of nitrogens with zero attached hydrogens (tertiary/aromatic N) is 1. The molecule has 0 aromatic rings. The van der Waals surface area contributed by atoms with E-state index in [0.717, 1.165) is 25.7 Å². The predicted molar refractivity (Wildman–Crippen MR) is 54.1 cm³/mol. The molecule has 0 aromatic carbocycles. The van der Waals surface area contributed by atoms with Gasteiger partial charge in [0.15, 0.2) is 0 Å². The average molecular weight is 211 g/mol. The second-order valence-electron chi connectivity index (χ2n) is 4.74. The highest BCUT2D eigenvalue weighted by Gasteiger charge is 2.50. The first-order valence-corrected chi connectivity index (χ1v) is 5.47. The zero-order valence-electron chi connectivity index (χ0n) is 9.28. The summed E-state index contributed by atoms with van der Waals surface area (Å²) >= 11 is 0. The van der Waals surface area contributed by atoms with Crippen LogP contribution < -0.4 is 0 Å². The Labute approximate surface area is 89.6 Å². The van der Waals surface area contributed by atoms with Crippen LogP contribution in [0.2, 0.25) is 0 Å². The van der Waals surface area contributed by atoms with Crippen LogP contribution in [0.15, 0.2) is 0 Å². The number of rotatable bonds is 2. The Balaban J connectivity index is 2.07. The molecule has 0 bridgehead atoms. The predicted octanol–water partition coefficient (Wildman–Crippen LogP) is 0.950. The van der Waals surface area contributed by atoms with Crippen LogP contribution in [0.4, 0.5) is 0 Å². The number of methoxy groups -OCH3 is 1. The number of likely N-dealkylation sites (tertiary alicyclic amines) is 1. The van der Waals surface area contributed by atoms with Crippen LogP contribution in [-0.2, 0) is 14.3 Å². The van der Waals surface area contributed by atoms with Crippen molar-refractivity contribution in [2.75, 3.05) is 13.7 Å². The zero-order valence-corrected chi connectivity index (χ0v) is 9.28. The largest absolute Gasteiger partial charge is 0.467 e. The molecule has 1 saturated carbocycles. The van der Waals surface area contributed by atoms with Crippen molar-refractivity contribution < 1.29 is 14.3 Å². The van der Waals surface area contributed by atoms with Crippen LogP contribution in [0.5, 0.6) is 0 Å². The molecule has 1 amide bonds. The van der Waals surface area contributed by atoms with E-state index in [1.54, 1.807) is 4.90 Å². The second kappa shape index (κ2) is 3.51. The number of amides is 1. The van der Waals surface area contributed by atoms with Gasteiger partial charge in [-0.15, -0.1) is 0 Å². The number of carbonyl (C=O) groups excluding carboxylic acids is 2. The molecule has 1 heterocycles. The fraction of sp³-hybridized carbons (Fsp3) is 0.818. The third-order valence-corrected chi connectivity index (χ3v) is 3.50. The smallest absolute Gasteiger partial charge is 0.328 e. The van der Waals surface area contributed by atoms with Gasteiger partial charge in [-0.05, 0) is 25.7 Å². The van der Waals surface area contributed by atoms with Crippen LogP contribution in [0, 0.1) is 5.41 Å². The van der Waals surface area contributed by atoms with E-state index in [1.165, 1.54) is 7.11 Å². The highest BCUT2D eigenvalue weighted by atomic mass is 16.5. The molecule has 1 atom stereocenters. The minimum absolute atomic E-state index is 0.135. The summed E-state index contributed by atoms with van der Waals surface area (Å²) in [7, 11) is 1.38. The van der Waals surface area contributed by atoms with Crippen molar-refractivity contribution in [3.05, 3.63) is 0 Å². The molecule has 2 aliphatic rings. The molecule has 0 unspecified atom stereocenters. The Kier molecular flexibility index (Phi) is 2.44. The van der Waals surface area contributed by atoms with Crippen molar-refractivity contribution in [2.45, 2.75) is 38.6 Å². The van der Waals surface area contributed by atoms with Crippen LogP contribution in [-0.4, -0.2) is 36.5 Å². The molecule has 15 heavy (non-hydrogen) atoms. The van der Waals surface area contributed by atoms with Crippen molar-refractivity contribution in [1.29, 1.82) is 0 Å². The molecule has 1 aliphatic carbocycles. The molecule has 1 saturated heterocycles. The molecule has 2 rings (SSSR count). The van der Waals surface area contributed by atoms with Gasteiger partial charge in [-0.1, -0.05) is 6.92 Å². The van der Waals surface area contributed by atoms with E-state index in [9.17, 15) is 9.59 Å². The summed E-state index contributed by atoms with van der Waals surface area (Å²) in [6.45, 7) is 2.68. The van der Waals surface area contributed by atoms with Gasteiger partial charge in [0.2, 0.25) is 5.91 Å². The molecule has 4 nitrogen and oxygen atoms in total. The van der Waals surface area contributed by atoms with Crippen LogP contribution in [0.3, 0.4) is 0 Å². The van der Waals surface area contributed by atoms with Crippen molar-refractivity contribution in [2.24, 2.45) is 5.41 Å². The van der Waals surface area contributed by atoms with Gasteiger partial charge >= 0.3 is 5.97 Å². The summed E-state index contributed by atoms with van der Waals surface area (Å²) in [5.41, 5.74) is -0.184. The molecule has 2 fully saturated rings. The van der Waals surface area contributed by atoms with E-state index >= 15 is 0 Å². The Hall–Kier alpha value is -1.06. The van der Waals surface area contributed by atoms with Crippen molar-refractivity contribution in [3.8, 4) is 0 Å². The topological polar surface area (TPSA) is 46.6 Å². The Morgan fingerprint density at radius 2 is 2.07 bits per heavy atom. The Morgan fingerprint density at radius 1 is 1.40 bits per heavy atom. The first kappa shape index (κ1) is 10.5. The molecule has 0 N–H and O–H groups in total. The van der Waals surface area contributed by atoms with Crippen molar-refractivity contribution in [3.63, 3.8) is 0 Å². The second-order valence-corrected chi connectivity index (χ2v) is 4.74. The minimum Gasteiger partial charge on any atom is -0.467 e. The zero-order chi connectivity index (χ0) is 11.1. The van der Waals surface area contributed by atoms with Crippen molar-refractivity contribution >= 4 is 11.9 Å². The SMILES string of the molecule is COC(=O)[C@@H]1CCCN1C(=O)C1(C)CC1. The van der Waals surface area contributed by atoms with E-state index in [4.69, 9.17) is 4.74 Å². The van der Waals surface area contributed by atoms with Gasteiger partial charge < -0.3 is 9.64 Å². The summed E-state index contributed by atoms with van der Waals surface area (Å²) < 4.78 is 4.71. The fourth-order valence-electron chi connectivity index (χ4n) is 2.14. The Morgan fingerprint density at radius 3 is 2.60 bits per heavy atom. The van der Waals surface area contributed by atoms with Gasteiger partial charge in [0.1, 0.15) is 6.04 Å². The number of hydrogen-bond acceptors (Lipinski definition) is 3.